The van der Waals surface area contributed by atoms with Crippen molar-refractivity contribution in [2.45, 2.75) is 33.3 Å². The van der Waals surface area contributed by atoms with Crippen LogP contribution in [0.1, 0.15) is 27.7 Å². The molecule has 1 N–H and O–H groups in total. The van der Waals surface area contributed by atoms with E-state index in [1.165, 1.54) is 19.9 Å². The molecule has 0 saturated carbocycles. The van der Waals surface area contributed by atoms with Gasteiger partial charge in [0.25, 0.3) is 0 Å². The highest BCUT2D eigenvalue weighted by Crippen LogP contribution is 2.05. The quantitative estimate of drug-likeness (QED) is 0.590. The second-order valence-electron chi connectivity index (χ2n) is 3.14. The molecule has 0 radical (unpaired) electrons. The van der Waals surface area contributed by atoms with E-state index >= 15 is 0 Å². The molecule has 2 heteroatoms. The molecule has 10 heavy (non-hydrogen) atoms. The highest BCUT2D eigenvalue weighted by molar-refractivity contribution is 5.96. The zero-order valence-electron chi connectivity index (χ0n) is 6.93. The smallest absolute Gasteiger partial charge is 0.186 e. The molecule has 2 nitrogen and oxygen atoms in total. The lowest BCUT2D eigenvalue weighted by molar-refractivity contribution is -0.128. The molecule has 0 aliphatic carbocycles. The summed E-state index contributed by atoms with van der Waals surface area (Å²) in [6, 6.07) is 0. The molecule has 0 fully saturated rings. The molecule has 0 rings (SSSR count). The third kappa shape index (κ3) is 3.41. The van der Waals surface area contributed by atoms with Crippen molar-refractivity contribution < 1.29 is 9.90 Å². The van der Waals surface area contributed by atoms with Crippen LogP contribution in [0.25, 0.3) is 0 Å². The van der Waals surface area contributed by atoms with E-state index in [2.05, 4.69) is 0 Å². The van der Waals surface area contributed by atoms with Crippen molar-refractivity contribution in [2.75, 3.05) is 0 Å². The molecule has 0 aromatic rings. The number of aliphatic hydroxyl groups is 1. The maximum atomic E-state index is 10.9. The third-order valence-corrected chi connectivity index (χ3v) is 1.02. The highest BCUT2D eigenvalue weighted by atomic mass is 16.3. The van der Waals surface area contributed by atoms with E-state index in [4.69, 9.17) is 5.11 Å². The summed E-state index contributed by atoms with van der Waals surface area (Å²) >= 11 is 0. The molecular weight excluding hydrogens is 128 g/mol. The van der Waals surface area contributed by atoms with Gasteiger partial charge in [-0.3, -0.25) is 4.79 Å². The topological polar surface area (TPSA) is 37.3 Å². The molecule has 0 amide bonds. The molecular formula is C8H14O2. The second kappa shape index (κ2) is 2.97. The maximum Gasteiger partial charge on any atom is 0.186 e. The fraction of sp³-hybridized carbons (Fsp3) is 0.625. The Kier molecular flexibility index (Phi) is 2.78. The zero-order valence-corrected chi connectivity index (χ0v) is 6.93. The first kappa shape index (κ1) is 9.37. The van der Waals surface area contributed by atoms with Crippen LogP contribution >= 0.6 is 0 Å². The Morgan fingerprint density at radius 2 is 1.80 bits per heavy atom. The lowest BCUT2D eigenvalue weighted by atomic mass is 10.0. The number of ketones is 1. The minimum absolute atomic E-state index is 0.243. The normalized spacial score (nSPS) is 10.9. The van der Waals surface area contributed by atoms with Crippen LogP contribution in [0.2, 0.25) is 0 Å². The van der Waals surface area contributed by atoms with Gasteiger partial charge in [-0.25, -0.2) is 0 Å². The number of allylic oxidation sites excluding steroid dienone is 1. The van der Waals surface area contributed by atoms with E-state index < -0.39 is 5.60 Å². The Bertz CT molecular complexity index is 157. The van der Waals surface area contributed by atoms with Crippen LogP contribution in [-0.4, -0.2) is 16.5 Å². The molecule has 0 unspecified atom stereocenters. The van der Waals surface area contributed by atoms with Gasteiger partial charge in [0.05, 0.1) is 0 Å². The van der Waals surface area contributed by atoms with Crippen molar-refractivity contribution >= 4 is 5.78 Å². The predicted molar refractivity (Wildman–Crippen MR) is 40.7 cm³/mol. The van der Waals surface area contributed by atoms with Crippen molar-refractivity contribution in [3.8, 4) is 0 Å². The second-order valence-corrected chi connectivity index (χ2v) is 3.14. The van der Waals surface area contributed by atoms with Crippen molar-refractivity contribution in [2.24, 2.45) is 0 Å². The summed E-state index contributed by atoms with van der Waals surface area (Å²) in [5.41, 5.74) is -0.316. The van der Waals surface area contributed by atoms with Crippen LogP contribution in [0, 0.1) is 0 Å². The zero-order chi connectivity index (χ0) is 8.36. The van der Waals surface area contributed by atoms with Crippen LogP contribution in [0.5, 0.6) is 0 Å². The Balaban J connectivity index is 4.27. The van der Waals surface area contributed by atoms with Gasteiger partial charge in [-0.2, -0.15) is 0 Å². The van der Waals surface area contributed by atoms with Gasteiger partial charge in [0.15, 0.2) is 5.78 Å². The average molecular weight is 142 g/mol. The van der Waals surface area contributed by atoms with Crippen LogP contribution in [-0.2, 0) is 4.79 Å². The van der Waals surface area contributed by atoms with Gasteiger partial charge in [0.1, 0.15) is 5.60 Å². The van der Waals surface area contributed by atoms with E-state index in [9.17, 15) is 4.79 Å². The van der Waals surface area contributed by atoms with Crippen LogP contribution in [0.15, 0.2) is 11.6 Å². The fourth-order valence-electron chi connectivity index (χ4n) is 0.439. The van der Waals surface area contributed by atoms with E-state index in [1.807, 2.05) is 13.8 Å². The van der Waals surface area contributed by atoms with Gasteiger partial charge >= 0.3 is 0 Å². The number of hydrogen-bond acceptors (Lipinski definition) is 2. The molecule has 0 spiro atoms. The summed E-state index contributed by atoms with van der Waals surface area (Å²) in [5, 5.41) is 9.14. The first-order chi connectivity index (χ1) is 4.34. The minimum Gasteiger partial charge on any atom is -0.382 e. The largest absolute Gasteiger partial charge is 0.382 e. The van der Waals surface area contributed by atoms with E-state index in [-0.39, 0.29) is 5.78 Å². The Morgan fingerprint density at radius 3 is 1.90 bits per heavy atom. The predicted octanol–water partition coefficient (Wildman–Crippen LogP) is 1.29. The van der Waals surface area contributed by atoms with Crippen LogP contribution < -0.4 is 0 Å². The molecule has 0 aromatic heterocycles. The molecule has 0 aromatic carbocycles. The monoisotopic (exact) mass is 142 g/mol. The molecule has 0 atom stereocenters. The van der Waals surface area contributed by atoms with E-state index in [0.717, 1.165) is 5.57 Å². The minimum atomic E-state index is -1.22. The Labute approximate surface area is 61.6 Å². The SMILES string of the molecule is CC(C)=CC(=O)C(C)(C)O. The lowest BCUT2D eigenvalue weighted by Crippen LogP contribution is -2.29. The summed E-state index contributed by atoms with van der Waals surface area (Å²) < 4.78 is 0. The number of hydrogen-bond donors (Lipinski definition) is 1. The number of carbonyl (C=O) groups is 1. The van der Waals surface area contributed by atoms with Gasteiger partial charge in [0.2, 0.25) is 0 Å². The van der Waals surface area contributed by atoms with E-state index in [0.29, 0.717) is 0 Å². The molecule has 0 bridgehead atoms. The summed E-state index contributed by atoms with van der Waals surface area (Å²) in [6.45, 7) is 6.61. The standard InChI is InChI=1S/C8H14O2/c1-6(2)5-7(9)8(3,4)10/h5,10H,1-4H3. The van der Waals surface area contributed by atoms with Gasteiger partial charge in [0, 0.05) is 0 Å². The highest BCUT2D eigenvalue weighted by Gasteiger charge is 2.20. The van der Waals surface area contributed by atoms with Crippen molar-refractivity contribution in [1.29, 1.82) is 0 Å². The maximum absolute atomic E-state index is 10.9. The van der Waals surface area contributed by atoms with Gasteiger partial charge in [-0.05, 0) is 33.8 Å². The Hall–Kier alpha value is -0.630. The van der Waals surface area contributed by atoms with Crippen molar-refractivity contribution in [1.82, 2.24) is 0 Å². The van der Waals surface area contributed by atoms with Crippen LogP contribution in [0.4, 0.5) is 0 Å². The molecule has 0 heterocycles. The average Bonchev–Trinajstić information content (AvgIpc) is 1.60. The summed E-state index contributed by atoms with van der Waals surface area (Å²) in [6.07, 6.45) is 1.44. The molecule has 0 aliphatic rings. The first-order valence-electron chi connectivity index (χ1n) is 3.26. The van der Waals surface area contributed by atoms with Gasteiger partial charge in [-0.1, -0.05) is 5.57 Å². The van der Waals surface area contributed by atoms with Gasteiger partial charge < -0.3 is 5.11 Å². The molecule has 58 valence electrons. The molecule has 0 saturated heterocycles. The third-order valence-electron chi connectivity index (χ3n) is 1.02. The Morgan fingerprint density at radius 1 is 1.40 bits per heavy atom. The van der Waals surface area contributed by atoms with E-state index in [1.54, 1.807) is 0 Å². The number of rotatable bonds is 2. The fourth-order valence-corrected chi connectivity index (χ4v) is 0.439. The van der Waals surface area contributed by atoms with Crippen molar-refractivity contribution in [3.63, 3.8) is 0 Å². The van der Waals surface area contributed by atoms with Crippen molar-refractivity contribution in [3.05, 3.63) is 11.6 Å². The summed E-state index contributed by atoms with van der Waals surface area (Å²) in [5.74, 6) is -0.243. The summed E-state index contributed by atoms with van der Waals surface area (Å²) in [7, 11) is 0. The number of carbonyl (C=O) groups excluding carboxylic acids is 1. The van der Waals surface area contributed by atoms with Gasteiger partial charge in [-0.15, -0.1) is 0 Å². The van der Waals surface area contributed by atoms with Crippen LogP contribution in [0.3, 0.4) is 0 Å². The summed E-state index contributed by atoms with van der Waals surface area (Å²) in [4.78, 5) is 10.9. The molecule has 0 aliphatic heterocycles. The first-order valence-corrected chi connectivity index (χ1v) is 3.26. The lowest BCUT2D eigenvalue weighted by Gasteiger charge is -2.12.